The Morgan fingerprint density at radius 1 is 1.43 bits per heavy atom. The highest BCUT2D eigenvalue weighted by Gasteiger charge is 2.21. The molecule has 2 atom stereocenters. The highest BCUT2D eigenvalue weighted by Crippen LogP contribution is 2.25. The van der Waals surface area contributed by atoms with Gasteiger partial charge in [0, 0.05) is 24.7 Å². The second-order valence-electron chi connectivity index (χ2n) is 6.81. The molecule has 0 aliphatic carbocycles. The third-order valence-electron chi connectivity index (χ3n) is 4.55. The van der Waals surface area contributed by atoms with Crippen LogP contribution in [0.4, 0.5) is 20.7 Å². The topological polar surface area (TPSA) is 119 Å². The number of rotatable bonds is 4. The van der Waals surface area contributed by atoms with E-state index in [0.29, 0.717) is 29.1 Å². The zero-order valence-corrected chi connectivity index (χ0v) is 17.1. The van der Waals surface area contributed by atoms with Crippen molar-refractivity contribution in [1.29, 1.82) is 5.41 Å². The summed E-state index contributed by atoms with van der Waals surface area (Å²) in [6, 6.07) is 4.56. The summed E-state index contributed by atoms with van der Waals surface area (Å²) < 4.78 is 19.5. The minimum absolute atomic E-state index is 0.00668. The van der Waals surface area contributed by atoms with Gasteiger partial charge in [-0.2, -0.15) is 0 Å². The Kier molecular flexibility index (Phi) is 7.20. The van der Waals surface area contributed by atoms with Crippen LogP contribution in [0.15, 0.2) is 24.3 Å². The van der Waals surface area contributed by atoms with Crippen LogP contribution < -0.4 is 16.0 Å². The zero-order valence-electron chi connectivity index (χ0n) is 16.3. The first-order chi connectivity index (χ1) is 14.4. The number of carbonyl (C=O) groups excluding carboxylic acids is 1. The number of aliphatic hydroxyl groups excluding tert-OH is 1. The van der Waals surface area contributed by atoms with Crippen LogP contribution in [-0.4, -0.2) is 48.2 Å². The van der Waals surface area contributed by atoms with Crippen LogP contribution in [0.2, 0.25) is 5.02 Å². The van der Waals surface area contributed by atoms with Crippen molar-refractivity contribution in [3.63, 3.8) is 0 Å². The number of nitrogens with zero attached hydrogens (tertiary/aromatic N) is 1. The largest absolute Gasteiger partial charge is 0.390 e. The van der Waals surface area contributed by atoms with Crippen LogP contribution in [-0.2, 0) is 11.2 Å². The first kappa shape index (κ1) is 21.9. The molecule has 1 aliphatic rings. The maximum absolute atomic E-state index is 13.9. The Morgan fingerprint density at radius 2 is 2.23 bits per heavy atom. The van der Waals surface area contributed by atoms with Crippen molar-refractivity contribution in [1.82, 2.24) is 10.3 Å². The maximum Gasteiger partial charge on any atom is 0.320 e. The summed E-state index contributed by atoms with van der Waals surface area (Å²) in [4.78, 5) is 17.0. The van der Waals surface area contributed by atoms with Gasteiger partial charge in [-0.25, -0.2) is 14.2 Å². The molecular weight excluding hydrogens is 413 g/mol. The SMILES string of the molecule is CCNc1c(C=N)cc2nc1C[C@@H](O)COC[C@H](c1ccc(Cl)c(F)c1)NC(=O)N2. The monoisotopic (exact) mass is 435 g/mol. The van der Waals surface area contributed by atoms with Crippen molar-refractivity contribution in [2.24, 2.45) is 0 Å². The van der Waals surface area contributed by atoms with E-state index >= 15 is 0 Å². The van der Waals surface area contributed by atoms with E-state index < -0.39 is 24.0 Å². The molecular formula is C20H23ClFN5O3. The fourth-order valence-electron chi connectivity index (χ4n) is 3.19. The fraction of sp³-hybridized carbons (Fsp3) is 0.350. The number of hydrogen-bond acceptors (Lipinski definition) is 6. The number of amides is 2. The summed E-state index contributed by atoms with van der Waals surface area (Å²) in [6.45, 7) is 2.54. The van der Waals surface area contributed by atoms with Crippen molar-refractivity contribution in [2.45, 2.75) is 25.5 Å². The van der Waals surface area contributed by atoms with Crippen LogP contribution in [0.5, 0.6) is 0 Å². The van der Waals surface area contributed by atoms with Gasteiger partial charge < -0.3 is 25.9 Å². The number of fused-ring (bicyclic) bond motifs is 2. The van der Waals surface area contributed by atoms with Crippen LogP contribution in [0.3, 0.4) is 0 Å². The number of benzene rings is 1. The number of urea groups is 1. The summed E-state index contributed by atoms with van der Waals surface area (Å²) in [5.41, 5.74) is 2.14. The number of ether oxygens (including phenoxy) is 1. The lowest BCUT2D eigenvalue weighted by atomic mass is 10.1. The molecule has 30 heavy (non-hydrogen) atoms. The molecule has 1 aromatic carbocycles. The Hall–Kier alpha value is -2.75. The summed E-state index contributed by atoms with van der Waals surface area (Å²) >= 11 is 5.74. The van der Waals surface area contributed by atoms with Crippen LogP contribution in [0, 0.1) is 11.2 Å². The molecule has 0 radical (unpaired) electrons. The van der Waals surface area contributed by atoms with E-state index in [1.54, 1.807) is 12.1 Å². The summed E-state index contributed by atoms with van der Waals surface area (Å²) in [5, 5.41) is 26.6. The van der Waals surface area contributed by atoms with Gasteiger partial charge in [-0.15, -0.1) is 0 Å². The van der Waals surface area contributed by atoms with Gasteiger partial charge in [-0.05, 0) is 30.7 Å². The van der Waals surface area contributed by atoms with Gasteiger partial charge in [0.1, 0.15) is 11.6 Å². The third-order valence-corrected chi connectivity index (χ3v) is 4.86. The van der Waals surface area contributed by atoms with Gasteiger partial charge in [0.25, 0.3) is 0 Å². The van der Waals surface area contributed by atoms with E-state index in [0.717, 1.165) is 6.21 Å². The molecule has 0 fully saturated rings. The lowest BCUT2D eigenvalue weighted by molar-refractivity contribution is 0.0283. The van der Waals surface area contributed by atoms with Gasteiger partial charge in [0.15, 0.2) is 0 Å². The number of hydrogen-bond donors (Lipinski definition) is 5. The van der Waals surface area contributed by atoms with E-state index in [1.165, 1.54) is 12.1 Å². The second-order valence-corrected chi connectivity index (χ2v) is 7.22. The van der Waals surface area contributed by atoms with E-state index in [4.69, 9.17) is 21.7 Å². The van der Waals surface area contributed by atoms with Crippen molar-refractivity contribution >= 4 is 35.4 Å². The summed E-state index contributed by atoms with van der Waals surface area (Å²) in [6.07, 6.45) is 0.461. The van der Waals surface area contributed by atoms with Crippen LogP contribution in [0.25, 0.3) is 0 Å². The van der Waals surface area contributed by atoms with Gasteiger partial charge in [0.2, 0.25) is 0 Å². The molecule has 0 spiro atoms. The first-order valence-corrected chi connectivity index (χ1v) is 9.85. The molecule has 160 valence electrons. The van der Waals surface area contributed by atoms with Crippen molar-refractivity contribution < 1.29 is 19.0 Å². The van der Waals surface area contributed by atoms with E-state index in [2.05, 4.69) is 20.9 Å². The maximum atomic E-state index is 13.9. The number of aliphatic hydroxyl groups is 1. The lowest BCUT2D eigenvalue weighted by Gasteiger charge is -2.23. The Balaban J connectivity index is 1.93. The molecule has 1 aromatic heterocycles. The Morgan fingerprint density at radius 3 is 2.93 bits per heavy atom. The normalized spacial score (nSPS) is 19.7. The predicted molar refractivity (Wildman–Crippen MR) is 113 cm³/mol. The minimum atomic E-state index is -0.860. The standard InChI is InChI=1S/C20H23ClFN5O3/c1-2-24-19-12(8-23)6-18-25-16(19)7-13(28)9-30-10-17(26-20(29)27-18)11-3-4-14(21)15(22)5-11/h3-6,8,13,17,23-24,28H,2,7,9-10H2,1H3,(H2,25,26,27,29)/t13-,17-/m1/s1. The fourth-order valence-corrected chi connectivity index (χ4v) is 3.31. The van der Waals surface area contributed by atoms with Crippen molar-refractivity contribution in [3.05, 3.63) is 51.9 Å². The van der Waals surface area contributed by atoms with Crippen molar-refractivity contribution in [3.8, 4) is 0 Å². The summed E-state index contributed by atoms with van der Waals surface area (Å²) in [5.74, 6) is -0.374. The molecule has 0 saturated carbocycles. The molecule has 0 saturated heterocycles. The smallest absolute Gasteiger partial charge is 0.320 e. The highest BCUT2D eigenvalue weighted by molar-refractivity contribution is 6.30. The minimum Gasteiger partial charge on any atom is -0.390 e. The van der Waals surface area contributed by atoms with Crippen LogP contribution >= 0.6 is 11.6 Å². The molecule has 2 heterocycles. The third kappa shape index (κ3) is 5.24. The quantitative estimate of drug-likeness (QED) is 0.473. The Labute approximate surface area is 178 Å². The molecule has 2 amide bonds. The Bertz CT molecular complexity index is 943. The average molecular weight is 436 g/mol. The number of nitrogens with one attached hydrogen (secondary N) is 4. The molecule has 2 bridgehead atoms. The number of anilines is 2. The van der Waals surface area contributed by atoms with E-state index in [9.17, 15) is 14.3 Å². The molecule has 1 aliphatic heterocycles. The molecule has 3 rings (SSSR count). The molecule has 8 nitrogen and oxygen atoms in total. The number of halogens is 2. The number of carbonyl (C=O) groups is 1. The first-order valence-electron chi connectivity index (χ1n) is 9.47. The molecule has 5 N–H and O–H groups in total. The predicted octanol–water partition coefficient (Wildman–Crippen LogP) is 3.10. The lowest BCUT2D eigenvalue weighted by Crippen LogP contribution is -2.36. The van der Waals surface area contributed by atoms with E-state index in [1.807, 2.05) is 6.92 Å². The van der Waals surface area contributed by atoms with Crippen molar-refractivity contribution in [2.75, 3.05) is 30.4 Å². The van der Waals surface area contributed by atoms with E-state index in [-0.39, 0.29) is 30.5 Å². The van der Waals surface area contributed by atoms with Gasteiger partial charge in [-0.1, -0.05) is 17.7 Å². The van der Waals surface area contributed by atoms with Gasteiger partial charge in [-0.3, -0.25) is 5.32 Å². The zero-order chi connectivity index (χ0) is 21.7. The highest BCUT2D eigenvalue weighted by atomic mass is 35.5. The van der Waals surface area contributed by atoms with Gasteiger partial charge >= 0.3 is 6.03 Å². The van der Waals surface area contributed by atoms with Gasteiger partial charge in [0.05, 0.1) is 41.8 Å². The second kappa shape index (κ2) is 9.84. The summed E-state index contributed by atoms with van der Waals surface area (Å²) in [7, 11) is 0. The number of aromatic nitrogens is 1. The van der Waals surface area contributed by atoms with Crippen LogP contribution in [0.1, 0.15) is 29.8 Å². The molecule has 10 heteroatoms. The molecule has 0 unspecified atom stereocenters. The number of pyridine rings is 1. The molecule has 2 aromatic rings. The average Bonchev–Trinajstić information content (AvgIpc) is 2.70.